The first kappa shape index (κ1) is 11.2. The molecule has 0 aromatic carbocycles. The van der Waals surface area contributed by atoms with Crippen molar-refractivity contribution in [3.63, 3.8) is 0 Å². The molecule has 2 nitrogen and oxygen atoms in total. The van der Waals surface area contributed by atoms with E-state index in [4.69, 9.17) is 5.73 Å². The highest BCUT2D eigenvalue weighted by Crippen LogP contribution is 2.26. The van der Waals surface area contributed by atoms with E-state index >= 15 is 0 Å². The second-order valence-corrected chi connectivity index (χ2v) is 3.89. The maximum absolute atomic E-state index is 5.82. The minimum absolute atomic E-state index is 0.484. The highest BCUT2D eigenvalue weighted by atomic mass is 14.6. The van der Waals surface area contributed by atoms with Gasteiger partial charge in [-0.15, -0.1) is 0 Å². The van der Waals surface area contributed by atoms with E-state index in [1.54, 1.807) is 0 Å². The summed E-state index contributed by atoms with van der Waals surface area (Å²) in [5, 5.41) is 0. The van der Waals surface area contributed by atoms with Crippen molar-refractivity contribution in [2.75, 3.05) is 6.54 Å². The zero-order chi connectivity index (χ0) is 10.4. The molecule has 1 aromatic rings. The van der Waals surface area contributed by atoms with E-state index in [0.29, 0.717) is 11.8 Å². The molecule has 0 bridgehead atoms. The Kier molecular flexibility index (Phi) is 4.60. The summed E-state index contributed by atoms with van der Waals surface area (Å²) in [6.45, 7) is 5.23. The highest BCUT2D eigenvalue weighted by Gasteiger charge is 2.16. The van der Waals surface area contributed by atoms with Gasteiger partial charge in [0.15, 0.2) is 0 Å². The van der Waals surface area contributed by atoms with Crippen molar-refractivity contribution in [2.24, 2.45) is 11.7 Å². The molecular weight excluding hydrogens is 172 g/mol. The summed E-state index contributed by atoms with van der Waals surface area (Å²) in [5.74, 6) is 1.14. The van der Waals surface area contributed by atoms with Crippen molar-refractivity contribution in [1.82, 2.24) is 4.98 Å². The van der Waals surface area contributed by atoms with E-state index in [-0.39, 0.29) is 0 Å². The Balaban J connectivity index is 2.71. The van der Waals surface area contributed by atoms with Crippen molar-refractivity contribution < 1.29 is 0 Å². The summed E-state index contributed by atoms with van der Waals surface area (Å²) in [6.07, 6.45) is 6.15. The third-order valence-electron chi connectivity index (χ3n) is 2.82. The van der Waals surface area contributed by atoms with Crippen LogP contribution in [0.25, 0.3) is 0 Å². The molecule has 0 aliphatic heterocycles. The first-order chi connectivity index (χ1) is 6.79. The molecular formula is C12H20N2. The Morgan fingerprint density at radius 1 is 1.36 bits per heavy atom. The summed E-state index contributed by atoms with van der Waals surface area (Å²) in [4.78, 5) is 4.03. The van der Waals surface area contributed by atoms with Crippen molar-refractivity contribution in [1.29, 1.82) is 0 Å². The smallest absolute Gasteiger partial charge is 0.0270 e. The molecule has 0 amide bonds. The predicted molar refractivity (Wildman–Crippen MR) is 60.1 cm³/mol. The topological polar surface area (TPSA) is 38.9 Å². The van der Waals surface area contributed by atoms with Gasteiger partial charge in [0.25, 0.3) is 0 Å². The van der Waals surface area contributed by atoms with Gasteiger partial charge in [0.1, 0.15) is 0 Å². The largest absolute Gasteiger partial charge is 0.330 e. The van der Waals surface area contributed by atoms with Crippen molar-refractivity contribution >= 4 is 0 Å². The molecule has 14 heavy (non-hydrogen) atoms. The van der Waals surface area contributed by atoms with Crippen LogP contribution in [0.1, 0.15) is 38.2 Å². The van der Waals surface area contributed by atoms with Crippen LogP contribution in [0, 0.1) is 5.92 Å². The van der Waals surface area contributed by atoms with Crippen LogP contribution in [0.3, 0.4) is 0 Å². The molecule has 1 rings (SSSR count). The van der Waals surface area contributed by atoms with Crippen LogP contribution >= 0.6 is 0 Å². The normalized spacial score (nSPS) is 15.1. The summed E-state index contributed by atoms with van der Waals surface area (Å²) < 4.78 is 0. The Morgan fingerprint density at radius 2 is 2.00 bits per heavy atom. The monoisotopic (exact) mass is 192 g/mol. The lowest BCUT2D eigenvalue weighted by molar-refractivity contribution is 0.430. The standard InChI is InChI=1S/C12H20N2/c1-3-4-10(2)12(9-13)11-5-7-14-8-6-11/h5-8,10,12H,3-4,9,13H2,1-2H3. The molecule has 2 unspecified atom stereocenters. The Morgan fingerprint density at radius 3 is 2.50 bits per heavy atom. The Bertz CT molecular complexity index is 246. The van der Waals surface area contributed by atoms with E-state index < -0.39 is 0 Å². The summed E-state index contributed by atoms with van der Waals surface area (Å²) in [6, 6.07) is 4.15. The summed E-state index contributed by atoms with van der Waals surface area (Å²) >= 11 is 0. The van der Waals surface area contributed by atoms with Gasteiger partial charge in [-0.25, -0.2) is 0 Å². The number of hydrogen-bond donors (Lipinski definition) is 1. The number of aromatic nitrogens is 1. The Labute approximate surface area is 86.5 Å². The molecule has 0 fully saturated rings. The van der Waals surface area contributed by atoms with Gasteiger partial charge in [-0.05, 0) is 36.1 Å². The van der Waals surface area contributed by atoms with Gasteiger partial charge >= 0.3 is 0 Å². The fourth-order valence-electron chi connectivity index (χ4n) is 1.96. The third-order valence-corrected chi connectivity index (χ3v) is 2.82. The van der Waals surface area contributed by atoms with Crippen molar-refractivity contribution in [3.05, 3.63) is 30.1 Å². The number of hydrogen-bond acceptors (Lipinski definition) is 2. The van der Waals surface area contributed by atoms with Gasteiger partial charge in [-0.2, -0.15) is 0 Å². The first-order valence-corrected chi connectivity index (χ1v) is 5.39. The van der Waals surface area contributed by atoms with E-state index in [2.05, 4.69) is 31.0 Å². The molecule has 0 aliphatic carbocycles. The van der Waals surface area contributed by atoms with Crippen LogP contribution in [-0.4, -0.2) is 11.5 Å². The molecule has 1 aromatic heterocycles. The third kappa shape index (κ3) is 2.81. The quantitative estimate of drug-likeness (QED) is 0.778. The van der Waals surface area contributed by atoms with Gasteiger partial charge in [0, 0.05) is 12.4 Å². The minimum atomic E-state index is 0.484. The fraction of sp³-hybridized carbons (Fsp3) is 0.583. The summed E-state index contributed by atoms with van der Waals surface area (Å²) in [5.41, 5.74) is 7.14. The molecule has 0 aliphatic rings. The highest BCUT2D eigenvalue weighted by molar-refractivity contribution is 5.16. The molecule has 78 valence electrons. The molecule has 0 radical (unpaired) electrons. The lowest BCUT2D eigenvalue weighted by atomic mass is 9.85. The minimum Gasteiger partial charge on any atom is -0.330 e. The number of nitrogens with zero attached hydrogens (tertiary/aromatic N) is 1. The molecule has 2 heteroatoms. The van der Waals surface area contributed by atoms with Crippen LogP contribution in [0.5, 0.6) is 0 Å². The van der Waals surface area contributed by atoms with E-state index in [1.165, 1.54) is 18.4 Å². The number of rotatable bonds is 5. The van der Waals surface area contributed by atoms with Gasteiger partial charge in [-0.1, -0.05) is 26.7 Å². The van der Waals surface area contributed by atoms with Gasteiger partial charge in [-0.3, -0.25) is 4.98 Å². The molecule has 0 saturated carbocycles. The SMILES string of the molecule is CCCC(C)C(CN)c1ccncc1. The van der Waals surface area contributed by atoms with Crippen LogP contribution in [-0.2, 0) is 0 Å². The predicted octanol–water partition coefficient (Wildman–Crippen LogP) is 2.56. The molecule has 1 heterocycles. The van der Waals surface area contributed by atoms with Gasteiger partial charge < -0.3 is 5.73 Å². The van der Waals surface area contributed by atoms with Crippen molar-refractivity contribution in [2.45, 2.75) is 32.6 Å². The lowest BCUT2D eigenvalue weighted by Gasteiger charge is -2.22. The van der Waals surface area contributed by atoms with Gasteiger partial charge in [0.05, 0.1) is 0 Å². The average molecular weight is 192 g/mol. The maximum atomic E-state index is 5.82. The first-order valence-electron chi connectivity index (χ1n) is 5.39. The van der Waals surface area contributed by atoms with Crippen molar-refractivity contribution in [3.8, 4) is 0 Å². The molecule has 2 N–H and O–H groups in total. The molecule has 2 atom stereocenters. The van der Waals surface area contributed by atoms with E-state index in [9.17, 15) is 0 Å². The van der Waals surface area contributed by atoms with E-state index in [0.717, 1.165) is 6.54 Å². The second-order valence-electron chi connectivity index (χ2n) is 3.89. The second kappa shape index (κ2) is 5.76. The van der Waals surface area contributed by atoms with Crippen LogP contribution in [0.4, 0.5) is 0 Å². The zero-order valence-corrected chi connectivity index (χ0v) is 9.11. The van der Waals surface area contributed by atoms with Crippen LogP contribution in [0.15, 0.2) is 24.5 Å². The summed E-state index contributed by atoms with van der Waals surface area (Å²) in [7, 11) is 0. The number of pyridine rings is 1. The molecule has 0 saturated heterocycles. The van der Waals surface area contributed by atoms with E-state index in [1.807, 2.05) is 12.4 Å². The fourth-order valence-corrected chi connectivity index (χ4v) is 1.96. The maximum Gasteiger partial charge on any atom is 0.0270 e. The van der Waals surface area contributed by atoms with Crippen LogP contribution in [0.2, 0.25) is 0 Å². The van der Waals surface area contributed by atoms with Crippen LogP contribution < -0.4 is 5.73 Å². The Hall–Kier alpha value is -0.890. The number of nitrogens with two attached hydrogens (primary N) is 1. The zero-order valence-electron chi connectivity index (χ0n) is 9.11. The average Bonchev–Trinajstić information content (AvgIpc) is 2.21. The lowest BCUT2D eigenvalue weighted by Crippen LogP contribution is -2.19. The van der Waals surface area contributed by atoms with Gasteiger partial charge in [0.2, 0.25) is 0 Å². The molecule has 0 spiro atoms.